The summed E-state index contributed by atoms with van der Waals surface area (Å²) in [5.41, 5.74) is 11.1. The maximum absolute atomic E-state index is 12.2. The molecule has 0 saturated heterocycles. The van der Waals surface area contributed by atoms with Gasteiger partial charge >= 0.3 is 5.69 Å². The summed E-state index contributed by atoms with van der Waals surface area (Å²) >= 11 is 1.65. The molecule has 3 aromatic rings. The minimum Gasteiger partial charge on any atom is -1.00 e. The number of halogens is 2. The van der Waals surface area contributed by atoms with Crippen LogP contribution in [0.25, 0.3) is 22.6 Å². The van der Waals surface area contributed by atoms with E-state index in [1.807, 2.05) is 33.2 Å². The zero-order valence-corrected chi connectivity index (χ0v) is 28.5. The summed E-state index contributed by atoms with van der Waals surface area (Å²) in [6, 6.07) is 3.53. The molecule has 0 bridgehead atoms. The zero-order chi connectivity index (χ0) is 33.0. The number of hydrogen-bond donors (Lipinski definition) is 7. The third-order valence-corrected chi connectivity index (χ3v) is 8.57. The first-order valence-electron chi connectivity index (χ1n) is 14.1. The number of nitrogens with zero attached hydrogens (tertiary/aromatic N) is 6. The van der Waals surface area contributed by atoms with Gasteiger partial charge in [-0.3, -0.25) is 9.78 Å². The third kappa shape index (κ3) is 9.05. The molecule has 0 amide bonds. The molecule has 2 aliphatic rings. The average molecular weight is 714 g/mol. The fourth-order valence-corrected chi connectivity index (χ4v) is 5.65. The number of fused-ring (bicyclic) bond motifs is 2. The summed E-state index contributed by atoms with van der Waals surface area (Å²) in [6.45, 7) is 7.44. The second-order valence-electron chi connectivity index (χ2n) is 10.7. The quantitative estimate of drug-likeness (QED) is 0.0578. The molecule has 2 aromatic heterocycles. The van der Waals surface area contributed by atoms with Gasteiger partial charge in [-0.25, -0.2) is 19.7 Å². The molecule has 18 heteroatoms. The Morgan fingerprint density at radius 3 is 2.34 bits per heavy atom. The molecule has 1 aromatic carbocycles. The largest absolute Gasteiger partial charge is 1.00 e. The number of anilines is 1. The summed E-state index contributed by atoms with van der Waals surface area (Å²) in [5, 5.41) is 47.8. The molecule has 0 spiro atoms. The van der Waals surface area contributed by atoms with E-state index in [9.17, 15) is 24.9 Å². The van der Waals surface area contributed by atoms with Crippen LogP contribution < -0.4 is 34.0 Å². The van der Waals surface area contributed by atoms with Crippen LogP contribution in [0.1, 0.15) is 33.1 Å². The van der Waals surface area contributed by atoms with Crippen LogP contribution in [0.5, 0.6) is 0 Å². The number of nitrogen functional groups attached to an aromatic ring is 1. The standard InChI is InChI=1S/C17H20N4O6.C12H17N4OS.2ClH/c1-7-3-9-10(4-8(7)2)21(5-11(23)14(25)12(24)6-22)15-13(18-9)16(26)20-17(27)19-15;1-8-11(3-4-17)18-7-16(8)6-10-5-14-9(2)15-12(10)13;;/h3-4,11-12,14,22-25H,5-6H2,1-2H3,(H,20,26,27);5,7,17H,3-4,6H2,1-2H3,(H2,13,14,15);2*1H/q;+1;;/p-1/t11-,12+,14-;;;/m0.../s1. The molecule has 15 nitrogen and oxygen atoms in total. The van der Waals surface area contributed by atoms with Gasteiger partial charge in [-0.2, -0.15) is 9.55 Å². The number of thiazole rings is 1. The zero-order valence-electron chi connectivity index (χ0n) is 26.1. The van der Waals surface area contributed by atoms with E-state index in [1.165, 1.54) is 9.44 Å². The topological polar surface area (TPSA) is 237 Å². The van der Waals surface area contributed by atoms with Crippen molar-refractivity contribution in [2.75, 3.05) is 18.9 Å². The van der Waals surface area contributed by atoms with Gasteiger partial charge in [-0.05, 0) is 44.0 Å². The van der Waals surface area contributed by atoms with E-state index in [2.05, 4.69) is 29.5 Å². The van der Waals surface area contributed by atoms with Gasteiger partial charge in [0.2, 0.25) is 5.51 Å². The molecule has 256 valence electrons. The van der Waals surface area contributed by atoms with Crippen molar-refractivity contribution in [3.63, 3.8) is 0 Å². The smallest absolute Gasteiger partial charge is 0.349 e. The van der Waals surface area contributed by atoms with E-state index in [0.29, 0.717) is 35.6 Å². The van der Waals surface area contributed by atoms with Gasteiger partial charge in [0.15, 0.2) is 23.8 Å². The number of H-pyrrole nitrogens is 1. The summed E-state index contributed by atoms with van der Waals surface area (Å²) in [5.74, 6) is 1.16. The Balaban J connectivity index is 0.000000337. The van der Waals surface area contributed by atoms with Crippen molar-refractivity contribution in [2.45, 2.75) is 65.5 Å². The first-order chi connectivity index (χ1) is 21.3. The Bertz CT molecular complexity index is 1900. The van der Waals surface area contributed by atoms with Crippen molar-refractivity contribution >= 4 is 40.6 Å². The molecule has 47 heavy (non-hydrogen) atoms. The number of nitrogens with one attached hydrogen (secondary N) is 1. The highest BCUT2D eigenvalue weighted by atomic mass is 35.5. The lowest BCUT2D eigenvalue weighted by molar-refractivity contribution is -0.689. The molecular weight excluding hydrogens is 675 g/mol. The highest BCUT2D eigenvalue weighted by Crippen LogP contribution is 2.24. The molecule has 3 atom stereocenters. The predicted octanol–water partition coefficient (Wildman–Crippen LogP) is -3.69. The molecule has 2 aliphatic heterocycles. The van der Waals surface area contributed by atoms with E-state index < -0.39 is 36.2 Å². The highest BCUT2D eigenvalue weighted by Gasteiger charge is 2.27. The molecule has 0 fully saturated rings. The number of aromatic nitrogens is 7. The van der Waals surface area contributed by atoms with Crippen LogP contribution in [0.2, 0.25) is 0 Å². The number of benzene rings is 1. The fourth-order valence-electron chi connectivity index (χ4n) is 4.66. The fraction of sp³-hybridized carbons (Fsp3) is 0.414. The summed E-state index contributed by atoms with van der Waals surface area (Å²) in [7, 11) is 0. The third-order valence-electron chi connectivity index (χ3n) is 7.42. The summed E-state index contributed by atoms with van der Waals surface area (Å²) in [6.07, 6.45) is -2.21. The SMILES string of the molecule is Cc1cc2nc3c(=O)[nH]c(=O)nc-3n(C[C@H](O)[C@H](O)[C@H](O)CO)c2cc1C.Cc1ncc(C[n+]2csc(CCO)c2C)c(N)n1.Cl.[Cl-]. The lowest BCUT2D eigenvalue weighted by Gasteiger charge is -2.25. The van der Waals surface area contributed by atoms with Crippen molar-refractivity contribution in [3.8, 4) is 11.5 Å². The maximum atomic E-state index is 12.2. The number of nitrogens with two attached hydrogens (primary N) is 1. The van der Waals surface area contributed by atoms with E-state index in [-0.39, 0.29) is 49.5 Å². The second kappa shape index (κ2) is 17.0. The Morgan fingerprint density at radius 1 is 1.02 bits per heavy atom. The number of hydrogen-bond acceptors (Lipinski definition) is 13. The Morgan fingerprint density at radius 2 is 1.70 bits per heavy atom. The lowest BCUT2D eigenvalue weighted by Crippen LogP contribution is -3.00. The van der Waals surface area contributed by atoms with Crippen molar-refractivity contribution in [2.24, 2.45) is 0 Å². The molecular formula is C29H38Cl2N8O7S. The number of rotatable bonds is 9. The van der Waals surface area contributed by atoms with Crippen LogP contribution in [0, 0.1) is 27.7 Å². The number of aromatic amines is 1. The van der Waals surface area contributed by atoms with Crippen LogP contribution in [-0.4, -0.2) is 86.5 Å². The number of aliphatic hydroxyl groups is 5. The van der Waals surface area contributed by atoms with Gasteiger partial charge in [0.05, 0.1) is 34.6 Å². The van der Waals surface area contributed by atoms with Crippen LogP contribution in [0.15, 0.2) is 33.4 Å². The van der Waals surface area contributed by atoms with Crippen molar-refractivity contribution in [1.29, 1.82) is 0 Å². The summed E-state index contributed by atoms with van der Waals surface area (Å²) in [4.78, 5) is 43.5. The van der Waals surface area contributed by atoms with Crippen LogP contribution in [0.3, 0.4) is 0 Å². The van der Waals surface area contributed by atoms with E-state index >= 15 is 0 Å². The van der Waals surface area contributed by atoms with Crippen LogP contribution >= 0.6 is 23.7 Å². The predicted molar refractivity (Wildman–Crippen MR) is 173 cm³/mol. The number of aliphatic hydroxyl groups excluding tert-OH is 5. The van der Waals surface area contributed by atoms with Crippen molar-refractivity contribution in [3.05, 3.63) is 77.8 Å². The van der Waals surface area contributed by atoms with Gasteiger partial charge in [-0.1, -0.05) is 11.3 Å². The molecule has 4 heterocycles. The van der Waals surface area contributed by atoms with E-state index in [4.69, 9.17) is 15.9 Å². The Kier molecular flexibility index (Phi) is 14.3. The van der Waals surface area contributed by atoms with Gasteiger partial charge in [-0.15, -0.1) is 12.4 Å². The normalized spacial score (nSPS) is 12.9. The average Bonchev–Trinajstić information content (AvgIpc) is 3.33. The Labute approximate surface area is 285 Å². The molecule has 0 saturated carbocycles. The van der Waals surface area contributed by atoms with Crippen molar-refractivity contribution in [1.82, 2.24) is 29.5 Å². The van der Waals surface area contributed by atoms with Gasteiger partial charge in [0.25, 0.3) is 5.56 Å². The van der Waals surface area contributed by atoms with E-state index in [1.54, 1.807) is 29.7 Å². The lowest BCUT2D eigenvalue weighted by atomic mass is 10.1. The monoisotopic (exact) mass is 712 g/mol. The van der Waals surface area contributed by atoms with Crippen LogP contribution in [0.4, 0.5) is 5.82 Å². The van der Waals surface area contributed by atoms with E-state index in [0.717, 1.165) is 22.4 Å². The minimum absolute atomic E-state index is 0. The van der Waals surface area contributed by atoms with Gasteiger partial charge < -0.3 is 48.2 Å². The first kappa shape index (κ1) is 39.6. The Hall–Kier alpha value is -3.61. The molecule has 0 unspecified atom stereocenters. The molecule has 0 aliphatic carbocycles. The van der Waals surface area contributed by atoms with Gasteiger partial charge in [0.1, 0.15) is 30.0 Å². The van der Waals surface area contributed by atoms with Gasteiger partial charge in [0, 0.05) is 26.1 Å². The highest BCUT2D eigenvalue weighted by molar-refractivity contribution is 7.09. The molecule has 8 N–H and O–H groups in total. The minimum atomic E-state index is -1.64. The second-order valence-corrected chi connectivity index (χ2v) is 11.6. The molecule has 5 rings (SSSR count). The number of aryl methyl sites for hydroxylation is 3. The maximum Gasteiger partial charge on any atom is 0.349 e. The van der Waals surface area contributed by atoms with Crippen LogP contribution in [-0.2, 0) is 19.5 Å². The van der Waals surface area contributed by atoms with Crippen molar-refractivity contribution < 1.29 is 42.5 Å². The first-order valence-corrected chi connectivity index (χ1v) is 14.9. The summed E-state index contributed by atoms with van der Waals surface area (Å²) < 4.78 is 3.51. The molecule has 0 radical (unpaired) electrons.